The lowest BCUT2D eigenvalue weighted by molar-refractivity contribution is 0.186. The second-order valence-corrected chi connectivity index (χ2v) is 10.6. The molecule has 0 heterocycles. The number of hydrogen-bond acceptors (Lipinski definition) is 4. The van der Waals surface area contributed by atoms with Crippen molar-refractivity contribution in [1.29, 1.82) is 0 Å². The van der Waals surface area contributed by atoms with Crippen LogP contribution in [0.1, 0.15) is 143 Å². The predicted octanol–water partition coefficient (Wildman–Crippen LogP) is 8.60. The molecule has 0 aromatic heterocycles. The van der Waals surface area contributed by atoms with Gasteiger partial charge in [0.15, 0.2) is 0 Å². The number of rotatable bonds is 24. The Labute approximate surface area is 195 Å². The van der Waals surface area contributed by atoms with Gasteiger partial charge in [-0.05, 0) is 24.7 Å². The molecule has 0 atom stereocenters. The molecule has 0 saturated heterocycles. The highest BCUT2D eigenvalue weighted by atomic mass is 32.3. The van der Waals surface area contributed by atoms with Crippen molar-refractivity contribution in [2.45, 2.75) is 143 Å². The molecule has 0 aromatic carbocycles. The minimum absolute atomic E-state index is 0.252. The van der Waals surface area contributed by atoms with Crippen molar-refractivity contribution in [3.63, 3.8) is 0 Å². The fourth-order valence-electron chi connectivity index (χ4n) is 4.27. The van der Waals surface area contributed by atoms with Crippen molar-refractivity contribution in [1.82, 2.24) is 0 Å². The summed E-state index contributed by atoms with van der Waals surface area (Å²) in [6.07, 6.45) is 21.2. The molecule has 0 bridgehead atoms. The van der Waals surface area contributed by atoms with E-state index >= 15 is 0 Å². The molecule has 0 aliphatic rings. The summed E-state index contributed by atoms with van der Waals surface area (Å²) >= 11 is 0. The smallest absolute Gasteiger partial charge is 0.248 e. The van der Waals surface area contributed by atoms with Crippen LogP contribution >= 0.6 is 0 Å². The molecule has 0 rings (SSSR count). The molecule has 0 spiro atoms. The van der Waals surface area contributed by atoms with Crippen LogP contribution in [0.2, 0.25) is 0 Å². The molecule has 0 fully saturated rings. The van der Waals surface area contributed by atoms with Crippen LogP contribution in [-0.4, -0.2) is 21.6 Å². The first-order valence-electron chi connectivity index (χ1n) is 13.5. The van der Waals surface area contributed by atoms with Crippen LogP contribution in [0.4, 0.5) is 0 Å². The van der Waals surface area contributed by atoms with Crippen LogP contribution in [0, 0.1) is 11.8 Å². The Kier molecular flexibility index (Phi) is 21.6. The molecule has 0 radical (unpaired) electrons. The van der Waals surface area contributed by atoms with Crippen LogP contribution in [-0.2, 0) is 18.8 Å². The van der Waals surface area contributed by atoms with Crippen molar-refractivity contribution in [2.75, 3.05) is 13.2 Å². The van der Waals surface area contributed by atoms with E-state index in [0.717, 1.165) is 12.8 Å². The van der Waals surface area contributed by atoms with E-state index in [2.05, 4.69) is 27.7 Å². The molecule has 5 heteroatoms. The molecule has 188 valence electrons. The highest BCUT2D eigenvalue weighted by molar-refractivity contribution is 7.81. The number of hydrogen-bond donors (Lipinski definition) is 0. The first-order valence-corrected chi connectivity index (χ1v) is 14.9. The van der Waals surface area contributed by atoms with Gasteiger partial charge in [0, 0.05) is 0 Å². The molecule has 0 N–H and O–H groups in total. The molecule has 0 unspecified atom stereocenters. The van der Waals surface area contributed by atoms with Crippen LogP contribution in [0.3, 0.4) is 0 Å². The quantitative estimate of drug-likeness (QED) is 0.135. The Morgan fingerprint density at radius 2 is 0.774 bits per heavy atom. The van der Waals surface area contributed by atoms with E-state index < -0.39 is 10.4 Å². The van der Waals surface area contributed by atoms with E-state index in [-0.39, 0.29) is 13.2 Å². The van der Waals surface area contributed by atoms with Gasteiger partial charge in [-0.3, -0.25) is 0 Å². The molecular formula is C26H54O4S. The largest absolute Gasteiger partial charge is 0.399 e. The van der Waals surface area contributed by atoms with Gasteiger partial charge in [0.2, 0.25) is 0 Å². The number of unbranched alkanes of at least 4 members (excludes halogenated alkanes) is 8. The summed E-state index contributed by atoms with van der Waals surface area (Å²) in [6.45, 7) is 9.38. The van der Waals surface area contributed by atoms with Gasteiger partial charge in [-0.25, -0.2) is 8.37 Å². The van der Waals surface area contributed by atoms with Crippen molar-refractivity contribution in [3.05, 3.63) is 0 Å². The maximum Gasteiger partial charge on any atom is 0.399 e. The average molecular weight is 463 g/mol. The molecule has 0 saturated carbocycles. The fourth-order valence-corrected chi connectivity index (χ4v) is 4.93. The van der Waals surface area contributed by atoms with Crippen molar-refractivity contribution >= 4 is 10.4 Å². The predicted molar refractivity (Wildman–Crippen MR) is 134 cm³/mol. The summed E-state index contributed by atoms with van der Waals surface area (Å²) in [5.74, 6) is 1.13. The van der Waals surface area contributed by atoms with Gasteiger partial charge in [0.1, 0.15) is 0 Å². The summed E-state index contributed by atoms with van der Waals surface area (Å²) < 4.78 is 34.8. The van der Waals surface area contributed by atoms with Crippen molar-refractivity contribution < 1.29 is 16.8 Å². The zero-order chi connectivity index (χ0) is 23.2. The molecule has 31 heavy (non-hydrogen) atoms. The minimum atomic E-state index is -3.87. The third kappa shape index (κ3) is 20.2. The summed E-state index contributed by atoms with van der Waals surface area (Å²) in [4.78, 5) is 0. The summed E-state index contributed by atoms with van der Waals surface area (Å²) in [5.41, 5.74) is 0. The fraction of sp³-hybridized carbons (Fsp3) is 1.00. The standard InChI is InChI=1S/C26H54O4S/c1-5-9-13-17-25(18-14-10-6-2)21-23-29-31(27,28)30-24-22-26(19-15-11-7-3)20-16-12-8-4/h25-26H,5-24H2,1-4H3. The average Bonchev–Trinajstić information content (AvgIpc) is 2.73. The Bertz CT molecular complexity index is 408. The zero-order valence-corrected chi connectivity index (χ0v) is 22.2. The molecular weight excluding hydrogens is 408 g/mol. The maximum atomic E-state index is 12.2. The summed E-state index contributed by atoms with van der Waals surface area (Å²) in [6, 6.07) is 0. The zero-order valence-electron chi connectivity index (χ0n) is 21.3. The third-order valence-electron chi connectivity index (χ3n) is 6.37. The van der Waals surface area contributed by atoms with Crippen molar-refractivity contribution in [2.24, 2.45) is 11.8 Å². The van der Waals surface area contributed by atoms with Crippen LogP contribution in [0.15, 0.2) is 0 Å². The van der Waals surface area contributed by atoms with Crippen LogP contribution in [0.25, 0.3) is 0 Å². The lowest BCUT2D eigenvalue weighted by atomic mass is 9.92. The molecule has 0 amide bonds. The van der Waals surface area contributed by atoms with E-state index in [1.165, 1.54) is 103 Å². The van der Waals surface area contributed by atoms with Crippen LogP contribution < -0.4 is 0 Å². The SMILES string of the molecule is CCCCCC(CCCCC)CCOS(=O)(=O)OCCC(CCCCC)CCCCC. The van der Waals surface area contributed by atoms with Crippen LogP contribution in [0.5, 0.6) is 0 Å². The van der Waals surface area contributed by atoms with Gasteiger partial charge in [-0.1, -0.05) is 130 Å². The Hall–Kier alpha value is -0.130. The van der Waals surface area contributed by atoms with Crippen molar-refractivity contribution in [3.8, 4) is 0 Å². The molecule has 4 nitrogen and oxygen atoms in total. The second kappa shape index (κ2) is 21.7. The molecule has 0 aromatic rings. The normalized spacial score (nSPS) is 12.3. The Balaban J connectivity index is 4.29. The van der Waals surface area contributed by atoms with E-state index in [9.17, 15) is 8.42 Å². The van der Waals surface area contributed by atoms with Gasteiger partial charge in [0.05, 0.1) is 13.2 Å². The maximum absolute atomic E-state index is 12.2. The van der Waals surface area contributed by atoms with Gasteiger partial charge < -0.3 is 0 Å². The first kappa shape index (κ1) is 30.9. The molecule has 0 aliphatic heterocycles. The van der Waals surface area contributed by atoms with Gasteiger partial charge in [-0.15, -0.1) is 0 Å². The van der Waals surface area contributed by atoms with E-state index in [1.54, 1.807) is 0 Å². The minimum Gasteiger partial charge on any atom is -0.248 e. The second-order valence-electron chi connectivity index (χ2n) is 9.34. The lowest BCUT2D eigenvalue weighted by Gasteiger charge is -2.18. The van der Waals surface area contributed by atoms with Gasteiger partial charge >= 0.3 is 10.4 Å². The van der Waals surface area contributed by atoms with E-state index in [4.69, 9.17) is 8.37 Å². The summed E-state index contributed by atoms with van der Waals surface area (Å²) in [7, 11) is -3.87. The lowest BCUT2D eigenvalue weighted by Crippen LogP contribution is -2.16. The Morgan fingerprint density at radius 1 is 0.484 bits per heavy atom. The first-order chi connectivity index (χ1) is 15.0. The van der Waals surface area contributed by atoms with Gasteiger partial charge in [0.25, 0.3) is 0 Å². The monoisotopic (exact) mass is 462 g/mol. The molecule has 0 aliphatic carbocycles. The highest BCUT2D eigenvalue weighted by Crippen LogP contribution is 2.23. The summed E-state index contributed by atoms with van der Waals surface area (Å²) in [5, 5.41) is 0. The Morgan fingerprint density at radius 3 is 1.03 bits per heavy atom. The van der Waals surface area contributed by atoms with E-state index in [1.807, 2.05) is 0 Å². The van der Waals surface area contributed by atoms with Gasteiger partial charge in [-0.2, -0.15) is 8.42 Å². The highest BCUT2D eigenvalue weighted by Gasteiger charge is 2.16. The third-order valence-corrected chi connectivity index (χ3v) is 7.28. The van der Waals surface area contributed by atoms with E-state index in [0.29, 0.717) is 11.8 Å². The topological polar surface area (TPSA) is 52.6 Å².